The standard InChI is InChI=1S/C14H21FNO6P/c1-10(2)21-23(20,22-11(3)4)14(17,9-16(18)19)12-5-7-13(15)8-6-12/h5-8,10-11,17H,9H2,1-4H3/t14-/m1/s1. The van der Waals surface area contributed by atoms with Crippen LogP contribution in [0.1, 0.15) is 33.3 Å². The average Bonchev–Trinajstić information content (AvgIpc) is 2.36. The van der Waals surface area contributed by atoms with E-state index in [2.05, 4.69) is 0 Å². The molecular weight excluding hydrogens is 328 g/mol. The number of rotatable bonds is 8. The Kier molecular flexibility index (Phi) is 6.41. The summed E-state index contributed by atoms with van der Waals surface area (Å²) < 4.78 is 36.9. The molecule has 130 valence electrons. The zero-order valence-corrected chi connectivity index (χ0v) is 14.3. The minimum absolute atomic E-state index is 0.111. The van der Waals surface area contributed by atoms with Gasteiger partial charge in [-0.1, -0.05) is 12.1 Å². The lowest BCUT2D eigenvalue weighted by Crippen LogP contribution is -2.37. The van der Waals surface area contributed by atoms with Crippen molar-refractivity contribution < 1.29 is 28.0 Å². The highest BCUT2D eigenvalue weighted by atomic mass is 31.2. The Bertz CT molecular complexity index is 577. The summed E-state index contributed by atoms with van der Waals surface area (Å²) in [6.45, 7) is 5.15. The molecule has 0 heterocycles. The van der Waals surface area contributed by atoms with E-state index in [0.717, 1.165) is 24.3 Å². The summed E-state index contributed by atoms with van der Waals surface area (Å²) in [5.74, 6) is -0.596. The Morgan fingerprint density at radius 2 is 1.65 bits per heavy atom. The molecule has 0 saturated carbocycles. The van der Waals surface area contributed by atoms with E-state index in [9.17, 15) is 24.2 Å². The van der Waals surface area contributed by atoms with Crippen LogP contribution in [0.15, 0.2) is 24.3 Å². The zero-order chi connectivity index (χ0) is 17.8. The number of nitro groups is 1. The minimum atomic E-state index is -4.35. The normalized spacial score (nSPS) is 15.0. The van der Waals surface area contributed by atoms with Crippen LogP contribution in [0.2, 0.25) is 0 Å². The molecule has 7 nitrogen and oxygen atoms in total. The quantitative estimate of drug-likeness (QED) is 0.439. The van der Waals surface area contributed by atoms with Gasteiger partial charge >= 0.3 is 7.60 Å². The Labute approximate surface area is 134 Å². The van der Waals surface area contributed by atoms with Crippen LogP contribution in [0.4, 0.5) is 4.39 Å². The highest BCUT2D eigenvalue weighted by Crippen LogP contribution is 2.65. The molecule has 23 heavy (non-hydrogen) atoms. The monoisotopic (exact) mass is 349 g/mol. The summed E-state index contributed by atoms with van der Waals surface area (Å²) in [6.07, 6.45) is -1.23. The number of benzene rings is 1. The van der Waals surface area contributed by atoms with Crippen LogP contribution < -0.4 is 0 Å². The smallest absolute Gasteiger partial charge is 0.368 e. The first kappa shape index (κ1) is 19.7. The lowest BCUT2D eigenvalue weighted by Gasteiger charge is -2.34. The average molecular weight is 349 g/mol. The van der Waals surface area contributed by atoms with E-state index in [1.165, 1.54) is 0 Å². The summed E-state index contributed by atoms with van der Waals surface area (Å²) in [4.78, 5) is 10.2. The van der Waals surface area contributed by atoms with Gasteiger partial charge in [0.25, 0.3) is 5.34 Å². The molecule has 0 aliphatic rings. The first-order valence-electron chi connectivity index (χ1n) is 7.07. The molecule has 0 spiro atoms. The Morgan fingerprint density at radius 3 is 2.00 bits per heavy atom. The van der Waals surface area contributed by atoms with Gasteiger partial charge in [0.05, 0.1) is 12.2 Å². The highest BCUT2D eigenvalue weighted by Gasteiger charge is 2.56. The first-order valence-corrected chi connectivity index (χ1v) is 8.61. The third-order valence-electron chi connectivity index (χ3n) is 2.81. The molecule has 1 atom stereocenters. The van der Waals surface area contributed by atoms with Crippen molar-refractivity contribution in [3.63, 3.8) is 0 Å². The van der Waals surface area contributed by atoms with E-state index in [0.29, 0.717) is 0 Å². The van der Waals surface area contributed by atoms with E-state index >= 15 is 0 Å². The fourth-order valence-electron chi connectivity index (χ4n) is 1.99. The van der Waals surface area contributed by atoms with Crippen LogP contribution in [0.3, 0.4) is 0 Å². The second-order valence-corrected chi connectivity index (χ2v) is 7.78. The molecule has 1 aromatic carbocycles. The van der Waals surface area contributed by atoms with Gasteiger partial charge < -0.3 is 14.2 Å². The molecule has 1 N–H and O–H groups in total. The topological polar surface area (TPSA) is 98.9 Å². The van der Waals surface area contributed by atoms with Gasteiger partial charge in [0.1, 0.15) is 5.82 Å². The second kappa shape index (κ2) is 7.49. The van der Waals surface area contributed by atoms with Gasteiger partial charge in [0.2, 0.25) is 6.54 Å². The Balaban J connectivity index is 3.47. The minimum Gasteiger partial charge on any atom is -0.368 e. The number of hydrogen-bond acceptors (Lipinski definition) is 6. The van der Waals surface area contributed by atoms with Crippen LogP contribution in [-0.4, -0.2) is 28.8 Å². The van der Waals surface area contributed by atoms with E-state index in [1.807, 2.05) is 0 Å². The van der Waals surface area contributed by atoms with E-state index in [1.54, 1.807) is 27.7 Å². The van der Waals surface area contributed by atoms with Gasteiger partial charge in [0, 0.05) is 10.5 Å². The number of halogens is 1. The van der Waals surface area contributed by atoms with Gasteiger partial charge in [-0.05, 0) is 39.8 Å². The predicted octanol–water partition coefficient (Wildman–Crippen LogP) is 3.29. The SMILES string of the molecule is CC(C)OP(=O)(OC(C)C)[C@](O)(C[N+](=O)[O-])c1ccc(F)cc1. The maximum atomic E-state index is 13.2. The summed E-state index contributed by atoms with van der Waals surface area (Å²) in [5.41, 5.74) is -0.111. The maximum Gasteiger partial charge on any atom is 0.374 e. The fraction of sp³-hybridized carbons (Fsp3) is 0.571. The van der Waals surface area contributed by atoms with Crippen molar-refractivity contribution in [2.24, 2.45) is 0 Å². The lowest BCUT2D eigenvalue weighted by molar-refractivity contribution is -0.496. The molecule has 0 aliphatic heterocycles. The van der Waals surface area contributed by atoms with Crippen molar-refractivity contribution in [1.82, 2.24) is 0 Å². The van der Waals surface area contributed by atoms with Crippen LogP contribution in [0.25, 0.3) is 0 Å². The maximum absolute atomic E-state index is 13.2. The van der Waals surface area contributed by atoms with Gasteiger partial charge in [0.15, 0.2) is 0 Å². The Morgan fingerprint density at radius 1 is 1.22 bits per heavy atom. The molecule has 1 rings (SSSR count). The summed E-state index contributed by atoms with van der Waals surface area (Å²) in [6, 6.07) is 4.27. The van der Waals surface area contributed by atoms with Crippen molar-refractivity contribution >= 4 is 7.60 Å². The molecule has 0 aromatic heterocycles. The highest BCUT2D eigenvalue weighted by molar-refractivity contribution is 7.55. The van der Waals surface area contributed by atoms with Crippen molar-refractivity contribution in [3.8, 4) is 0 Å². The molecule has 0 amide bonds. The molecule has 0 fully saturated rings. The van der Waals surface area contributed by atoms with Crippen molar-refractivity contribution in [2.45, 2.75) is 45.2 Å². The van der Waals surface area contributed by atoms with E-state index in [4.69, 9.17) is 9.05 Å². The Hall–Kier alpha value is -1.34. The fourth-order valence-corrected chi connectivity index (χ4v) is 4.25. The number of nitrogens with zero attached hydrogens (tertiary/aromatic N) is 1. The van der Waals surface area contributed by atoms with Crippen molar-refractivity contribution in [3.05, 3.63) is 45.8 Å². The predicted molar refractivity (Wildman–Crippen MR) is 82.2 cm³/mol. The summed E-state index contributed by atoms with van der Waals surface area (Å²) in [5, 5.41) is 19.4. The molecule has 0 aliphatic carbocycles. The molecule has 0 unspecified atom stereocenters. The summed E-state index contributed by atoms with van der Waals surface area (Å²) >= 11 is 0. The molecule has 1 aromatic rings. The largest absolute Gasteiger partial charge is 0.374 e. The van der Waals surface area contributed by atoms with Gasteiger partial charge in [-0.25, -0.2) is 4.39 Å². The van der Waals surface area contributed by atoms with Gasteiger partial charge in [-0.15, -0.1) is 0 Å². The van der Waals surface area contributed by atoms with Gasteiger partial charge in [-0.2, -0.15) is 0 Å². The van der Waals surface area contributed by atoms with Crippen molar-refractivity contribution in [1.29, 1.82) is 0 Å². The summed E-state index contributed by atoms with van der Waals surface area (Å²) in [7, 11) is -4.35. The van der Waals surface area contributed by atoms with Crippen LogP contribution >= 0.6 is 7.60 Å². The number of hydrogen-bond donors (Lipinski definition) is 1. The third-order valence-corrected chi connectivity index (χ3v) is 5.51. The zero-order valence-electron chi connectivity index (χ0n) is 13.4. The first-order chi connectivity index (χ1) is 10.5. The molecular formula is C14H21FNO6P. The molecule has 0 bridgehead atoms. The molecule has 0 saturated heterocycles. The van der Waals surface area contributed by atoms with Crippen LogP contribution in [0.5, 0.6) is 0 Å². The molecule has 9 heteroatoms. The van der Waals surface area contributed by atoms with Crippen molar-refractivity contribution in [2.75, 3.05) is 6.54 Å². The molecule has 0 radical (unpaired) electrons. The van der Waals surface area contributed by atoms with E-state index < -0.39 is 42.4 Å². The second-order valence-electron chi connectivity index (χ2n) is 5.62. The van der Waals surface area contributed by atoms with Crippen LogP contribution in [-0.2, 0) is 19.0 Å². The number of aliphatic hydroxyl groups is 1. The van der Waals surface area contributed by atoms with E-state index in [-0.39, 0.29) is 5.56 Å². The van der Waals surface area contributed by atoms with Gasteiger partial charge in [-0.3, -0.25) is 14.7 Å². The van der Waals surface area contributed by atoms with Crippen LogP contribution in [0, 0.1) is 15.9 Å². The lowest BCUT2D eigenvalue weighted by atomic mass is 10.1. The third kappa shape index (κ3) is 4.81.